The fraction of sp³-hybridized carbons (Fsp3) is 0.500. The van der Waals surface area contributed by atoms with Crippen molar-refractivity contribution in [1.82, 2.24) is 4.90 Å². The van der Waals surface area contributed by atoms with Crippen molar-refractivity contribution < 1.29 is 18.3 Å². The molecule has 0 aromatic heterocycles. The van der Waals surface area contributed by atoms with E-state index in [1.54, 1.807) is 29.2 Å². The Hall–Kier alpha value is -1.49. The van der Waals surface area contributed by atoms with Crippen LogP contribution in [-0.2, 0) is 0 Å². The monoisotopic (exact) mass is 269 g/mol. The first-order chi connectivity index (χ1) is 8.96. The summed E-state index contributed by atoms with van der Waals surface area (Å²) in [4.78, 5) is 12.9. The average Bonchev–Trinajstić information content (AvgIpc) is 2.69. The van der Waals surface area contributed by atoms with Gasteiger partial charge in [-0.3, -0.25) is 9.69 Å². The van der Waals surface area contributed by atoms with Gasteiger partial charge < -0.3 is 4.74 Å². The molecule has 2 rings (SSSR count). The van der Waals surface area contributed by atoms with Gasteiger partial charge in [-0.1, -0.05) is 12.1 Å². The van der Waals surface area contributed by atoms with E-state index in [0.717, 1.165) is 0 Å². The molecule has 0 unspecified atom stereocenters. The largest absolute Gasteiger partial charge is 0.492 e. The lowest BCUT2D eigenvalue weighted by Crippen LogP contribution is -2.29. The molecule has 19 heavy (non-hydrogen) atoms. The van der Waals surface area contributed by atoms with Crippen LogP contribution >= 0.6 is 0 Å². The van der Waals surface area contributed by atoms with Gasteiger partial charge in [0.15, 0.2) is 5.78 Å². The quantitative estimate of drug-likeness (QED) is 0.770. The van der Waals surface area contributed by atoms with Crippen LogP contribution in [0.5, 0.6) is 5.75 Å². The number of rotatable bonds is 5. The summed E-state index contributed by atoms with van der Waals surface area (Å²) in [7, 11) is 0. The molecule has 1 aromatic rings. The summed E-state index contributed by atoms with van der Waals surface area (Å²) in [6, 6.07) is 6.89. The number of ether oxygens (including phenoxy) is 1. The van der Waals surface area contributed by atoms with Gasteiger partial charge in [-0.2, -0.15) is 0 Å². The second-order valence-electron chi connectivity index (χ2n) is 4.81. The number of ketones is 1. The van der Waals surface area contributed by atoms with Crippen LogP contribution in [0.2, 0.25) is 0 Å². The van der Waals surface area contributed by atoms with Crippen LogP contribution < -0.4 is 4.74 Å². The third kappa shape index (κ3) is 3.99. The number of carbonyl (C=O) groups excluding carboxylic acids is 1. The van der Waals surface area contributed by atoms with Crippen molar-refractivity contribution in [2.24, 2.45) is 0 Å². The Kier molecular flexibility index (Phi) is 4.14. The van der Waals surface area contributed by atoms with Crippen LogP contribution in [0.1, 0.15) is 23.7 Å². The zero-order valence-electron chi connectivity index (χ0n) is 10.9. The van der Waals surface area contributed by atoms with Crippen LogP contribution in [0.25, 0.3) is 0 Å². The van der Waals surface area contributed by atoms with Crippen molar-refractivity contribution >= 4 is 5.78 Å². The molecule has 0 N–H and O–H groups in total. The highest BCUT2D eigenvalue weighted by molar-refractivity contribution is 5.94. The molecule has 1 heterocycles. The third-order valence-corrected chi connectivity index (χ3v) is 3.17. The van der Waals surface area contributed by atoms with Gasteiger partial charge in [-0.15, -0.1) is 0 Å². The number of carbonyl (C=O) groups is 1. The van der Waals surface area contributed by atoms with E-state index >= 15 is 0 Å². The molecule has 0 aliphatic carbocycles. The molecular weight excluding hydrogens is 252 g/mol. The summed E-state index contributed by atoms with van der Waals surface area (Å²) >= 11 is 0. The predicted molar refractivity (Wildman–Crippen MR) is 67.9 cm³/mol. The molecule has 1 fully saturated rings. The Labute approximate surface area is 111 Å². The molecule has 0 amide bonds. The summed E-state index contributed by atoms with van der Waals surface area (Å²) in [5, 5.41) is 0. The van der Waals surface area contributed by atoms with Crippen molar-refractivity contribution in [2.45, 2.75) is 19.3 Å². The average molecular weight is 269 g/mol. The van der Waals surface area contributed by atoms with Gasteiger partial charge in [0.1, 0.15) is 12.4 Å². The molecular formula is C14H17F2NO2. The molecule has 1 aliphatic rings. The second-order valence-corrected chi connectivity index (χ2v) is 4.81. The fourth-order valence-electron chi connectivity index (χ4n) is 2.10. The van der Waals surface area contributed by atoms with E-state index in [0.29, 0.717) is 31.0 Å². The van der Waals surface area contributed by atoms with Gasteiger partial charge in [-0.25, -0.2) is 8.78 Å². The Morgan fingerprint density at radius 1 is 1.47 bits per heavy atom. The maximum atomic E-state index is 13.0. The highest BCUT2D eigenvalue weighted by atomic mass is 19.3. The number of benzene rings is 1. The highest BCUT2D eigenvalue weighted by Gasteiger charge is 2.37. The van der Waals surface area contributed by atoms with Crippen LogP contribution in [0.3, 0.4) is 0 Å². The van der Waals surface area contributed by atoms with E-state index in [9.17, 15) is 13.6 Å². The minimum atomic E-state index is -2.56. The van der Waals surface area contributed by atoms with Gasteiger partial charge in [0.2, 0.25) is 0 Å². The summed E-state index contributed by atoms with van der Waals surface area (Å²) in [5.41, 5.74) is 0.588. The van der Waals surface area contributed by atoms with Gasteiger partial charge in [0.05, 0.1) is 6.54 Å². The minimum absolute atomic E-state index is 0.0235. The molecule has 1 aliphatic heterocycles. The molecule has 0 atom stereocenters. The lowest BCUT2D eigenvalue weighted by Gasteiger charge is -2.15. The summed E-state index contributed by atoms with van der Waals surface area (Å²) in [6.07, 6.45) is -0.0766. The first-order valence-corrected chi connectivity index (χ1v) is 6.30. The van der Waals surface area contributed by atoms with Crippen LogP contribution in [0, 0.1) is 0 Å². The number of hydrogen-bond acceptors (Lipinski definition) is 3. The molecule has 0 bridgehead atoms. The number of nitrogens with zero attached hydrogens (tertiary/aromatic N) is 1. The predicted octanol–water partition coefficient (Wildman–Crippen LogP) is 2.61. The standard InChI is InChI=1S/C14H17F2NO2/c1-11(18)12-3-2-4-13(9-12)19-8-7-17-6-5-14(15,16)10-17/h2-4,9H,5-8,10H2,1H3. The van der Waals surface area contributed by atoms with Gasteiger partial charge >= 0.3 is 0 Å². The second kappa shape index (κ2) is 5.65. The van der Waals surface area contributed by atoms with E-state index in [2.05, 4.69) is 0 Å². The fourth-order valence-corrected chi connectivity index (χ4v) is 2.10. The van der Waals surface area contributed by atoms with Gasteiger partial charge in [0, 0.05) is 25.1 Å². The summed E-state index contributed by atoms with van der Waals surface area (Å²) in [6.45, 7) is 2.52. The smallest absolute Gasteiger partial charge is 0.261 e. The topological polar surface area (TPSA) is 29.5 Å². The van der Waals surface area contributed by atoms with Crippen molar-refractivity contribution in [3.63, 3.8) is 0 Å². The number of halogens is 2. The van der Waals surface area contributed by atoms with E-state index in [1.807, 2.05) is 0 Å². The zero-order chi connectivity index (χ0) is 13.9. The lowest BCUT2D eigenvalue weighted by atomic mass is 10.1. The molecule has 0 radical (unpaired) electrons. The number of Topliss-reactive ketones (excluding diaryl/α,β-unsaturated/α-hetero) is 1. The van der Waals surface area contributed by atoms with Crippen LogP contribution in [-0.4, -0.2) is 42.8 Å². The van der Waals surface area contributed by atoms with E-state index in [4.69, 9.17) is 4.74 Å². The first kappa shape index (κ1) is 13.9. The van der Waals surface area contributed by atoms with Crippen molar-refractivity contribution in [1.29, 1.82) is 0 Å². The normalized spacial score (nSPS) is 18.5. The minimum Gasteiger partial charge on any atom is -0.492 e. The van der Waals surface area contributed by atoms with E-state index < -0.39 is 5.92 Å². The summed E-state index contributed by atoms with van der Waals surface area (Å²) in [5.74, 6) is -1.99. The molecule has 5 heteroatoms. The van der Waals surface area contributed by atoms with Gasteiger partial charge in [-0.05, 0) is 19.1 Å². The Morgan fingerprint density at radius 2 is 2.26 bits per heavy atom. The Balaban J connectivity index is 1.80. The maximum Gasteiger partial charge on any atom is 0.261 e. The van der Waals surface area contributed by atoms with Crippen molar-refractivity contribution in [3.8, 4) is 5.75 Å². The van der Waals surface area contributed by atoms with Gasteiger partial charge in [0.25, 0.3) is 5.92 Å². The van der Waals surface area contributed by atoms with E-state index in [-0.39, 0.29) is 18.7 Å². The third-order valence-electron chi connectivity index (χ3n) is 3.17. The van der Waals surface area contributed by atoms with Crippen LogP contribution in [0.15, 0.2) is 24.3 Å². The highest BCUT2D eigenvalue weighted by Crippen LogP contribution is 2.26. The zero-order valence-corrected chi connectivity index (χ0v) is 10.9. The SMILES string of the molecule is CC(=O)c1cccc(OCCN2CCC(F)(F)C2)c1. The lowest BCUT2D eigenvalue weighted by molar-refractivity contribution is 0.0112. The Bertz CT molecular complexity index is 463. The molecule has 1 aromatic carbocycles. The van der Waals surface area contributed by atoms with Crippen LogP contribution in [0.4, 0.5) is 8.78 Å². The number of likely N-dealkylation sites (tertiary alicyclic amines) is 1. The van der Waals surface area contributed by atoms with Crippen molar-refractivity contribution in [3.05, 3.63) is 29.8 Å². The van der Waals surface area contributed by atoms with Crippen molar-refractivity contribution in [2.75, 3.05) is 26.2 Å². The number of hydrogen-bond donors (Lipinski definition) is 0. The molecule has 0 spiro atoms. The molecule has 1 saturated heterocycles. The molecule has 0 saturated carbocycles. The van der Waals surface area contributed by atoms with E-state index in [1.165, 1.54) is 6.92 Å². The maximum absolute atomic E-state index is 13.0. The number of alkyl halides is 2. The summed E-state index contributed by atoms with van der Waals surface area (Å²) < 4.78 is 31.4. The molecule has 3 nitrogen and oxygen atoms in total. The molecule has 104 valence electrons. The first-order valence-electron chi connectivity index (χ1n) is 6.30. The Morgan fingerprint density at radius 3 is 2.89 bits per heavy atom.